The fourth-order valence-electron chi connectivity index (χ4n) is 3.76. The number of nitrogens with zero attached hydrogens (tertiary/aromatic N) is 1. The van der Waals surface area contributed by atoms with E-state index in [0.717, 1.165) is 39.0 Å². The third-order valence-electron chi connectivity index (χ3n) is 4.81. The summed E-state index contributed by atoms with van der Waals surface area (Å²) < 4.78 is 0. The third kappa shape index (κ3) is 2.79. The number of nitrogens with one attached hydrogen (secondary N) is 1. The van der Waals surface area contributed by atoms with Crippen molar-refractivity contribution in [2.24, 2.45) is 17.3 Å². The summed E-state index contributed by atoms with van der Waals surface area (Å²) >= 11 is 0. The van der Waals surface area contributed by atoms with Crippen molar-refractivity contribution in [1.82, 2.24) is 10.2 Å². The van der Waals surface area contributed by atoms with E-state index in [1.165, 1.54) is 12.8 Å². The lowest BCUT2D eigenvalue weighted by Gasteiger charge is -2.50. The summed E-state index contributed by atoms with van der Waals surface area (Å²) in [5.41, 5.74) is 0.404. The average Bonchev–Trinajstić information content (AvgIpc) is 2.32. The SMILES string of the molecule is CC(C)CC1CN(C(=O)O)CCC12CCNCC2. The van der Waals surface area contributed by atoms with Crippen LogP contribution in [0.3, 0.4) is 0 Å². The largest absolute Gasteiger partial charge is 0.465 e. The van der Waals surface area contributed by atoms with Crippen LogP contribution >= 0.6 is 0 Å². The first kappa shape index (κ1) is 13.7. The van der Waals surface area contributed by atoms with Crippen molar-refractivity contribution in [3.8, 4) is 0 Å². The number of likely N-dealkylation sites (tertiary alicyclic amines) is 1. The Morgan fingerprint density at radius 3 is 2.61 bits per heavy atom. The number of carbonyl (C=O) groups is 1. The topological polar surface area (TPSA) is 52.6 Å². The number of carboxylic acid groups (broad SMARTS) is 1. The van der Waals surface area contributed by atoms with Crippen molar-refractivity contribution in [2.45, 2.75) is 39.5 Å². The van der Waals surface area contributed by atoms with Crippen LogP contribution in [0.15, 0.2) is 0 Å². The predicted molar refractivity (Wildman–Crippen MR) is 71.7 cm³/mol. The van der Waals surface area contributed by atoms with Gasteiger partial charge in [0.2, 0.25) is 0 Å². The quantitative estimate of drug-likeness (QED) is 0.795. The zero-order chi connectivity index (χ0) is 13.2. The summed E-state index contributed by atoms with van der Waals surface area (Å²) in [5, 5.41) is 12.6. The molecule has 1 unspecified atom stereocenters. The van der Waals surface area contributed by atoms with Gasteiger partial charge in [0.05, 0.1) is 0 Å². The van der Waals surface area contributed by atoms with Crippen LogP contribution in [0.4, 0.5) is 4.79 Å². The second-order valence-corrected chi connectivity index (χ2v) is 6.42. The molecular formula is C14H26N2O2. The highest BCUT2D eigenvalue weighted by Gasteiger charge is 2.44. The van der Waals surface area contributed by atoms with Crippen molar-refractivity contribution < 1.29 is 9.90 Å². The maximum absolute atomic E-state index is 11.2. The number of hydrogen-bond donors (Lipinski definition) is 2. The van der Waals surface area contributed by atoms with Gasteiger partial charge in [-0.2, -0.15) is 0 Å². The van der Waals surface area contributed by atoms with Gasteiger partial charge in [-0.15, -0.1) is 0 Å². The molecule has 0 aliphatic carbocycles. The standard InChI is InChI=1S/C14H26N2O2/c1-11(2)9-12-10-16(13(17)18)8-5-14(12)3-6-15-7-4-14/h11-12,15H,3-10H2,1-2H3,(H,17,18). The lowest BCUT2D eigenvalue weighted by Crippen LogP contribution is -2.53. The van der Waals surface area contributed by atoms with Gasteiger partial charge in [0, 0.05) is 13.1 Å². The van der Waals surface area contributed by atoms with Crippen LogP contribution in [0.1, 0.15) is 39.5 Å². The third-order valence-corrected chi connectivity index (χ3v) is 4.81. The summed E-state index contributed by atoms with van der Waals surface area (Å²) in [5.74, 6) is 1.19. The molecule has 2 N–H and O–H groups in total. The van der Waals surface area contributed by atoms with Crippen LogP contribution in [0.25, 0.3) is 0 Å². The van der Waals surface area contributed by atoms with Crippen molar-refractivity contribution in [3.63, 3.8) is 0 Å². The Hall–Kier alpha value is -0.770. The Labute approximate surface area is 110 Å². The molecule has 0 radical (unpaired) electrons. The molecule has 1 atom stereocenters. The Kier molecular flexibility index (Phi) is 4.15. The molecule has 0 aromatic carbocycles. The zero-order valence-corrected chi connectivity index (χ0v) is 11.6. The molecular weight excluding hydrogens is 228 g/mol. The molecule has 104 valence electrons. The molecule has 0 bridgehead atoms. The smallest absolute Gasteiger partial charge is 0.407 e. The maximum atomic E-state index is 11.2. The molecule has 0 aromatic heterocycles. The summed E-state index contributed by atoms with van der Waals surface area (Å²) in [6.07, 6.45) is 3.91. The molecule has 2 fully saturated rings. The van der Waals surface area contributed by atoms with E-state index in [0.29, 0.717) is 17.3 Å². The van der Waals surface area contributed by atoms with E-state index in [1.54, 1.807) is 4.90 Å². The maximum Gasteiger partial charge on any atom is 0.407 e. The van der Waals surface area contributed by atoms with E-state index in [9.17, 15) is 9.90 Å². The first-order chi connectivity index (χ1) is 8.53. The second-order valence-electron chi connectivity index (χ2n) is 6.42. The normalized spacial score (nSPS) is 27.7. The summed E-state index contributed by atoms with van der Waals surface area (Å²) in [6.45, 7) is 8.16. The number of piperidine rings is 2. The van der Waals surface area contributed by atoms with Crippen molar-refractivity contribution in [1.29, 1.82) is 0 Å². The molecule has 2 aliphatic rings. The van der Waals surface area contributed by atoms with Crippen molar-refractivity contribution in [3.05, 3.63) is 0 Å². The van der Waals surface area contributed by atoms with Crippen molar-refractivity contribution in [2.75, 3.05) is 26.2 Å². The summed E-state index contributed by atoms with van der Waals surface area (Å²) in [4.78, 5) is 12.8. The average molecular weight is 254 g/mol. The minimum Gasteiger partial charge on any atom is -0.465 e. The van der Waals surface area contributed by atoms with E-state index in [-0.39, 0.29) is 0 Å². The monoisotopic (exact) mass is 254 g/mol. The molecule has 4 heteroatoms. The van der Waals surface area contributed by atoms with Gasteiger partial charge in [-0.05, 0) is 56.0 Å². The first-order valence-corrected chi connectivity index (χ1v) is 7.22. The van der Waals surface area contributed by atoms with Crippen molar-refractivity contribution >= 4 is 6.09 Å². The van der Waals surface area contributed by atoms with Crippen LogP contribution < -0.4 is 5.32 Å². The first-order valence-electron chi connectivity index (χ1n) is 7.22. The Morgan fingerprint density at radius 2 is 2.06 bits per heavy atom. The van der Waals surface area contributed by atoms with Crippen LogP contribution in [0.2, 0.25) is 0 Å². The molecule has 2 saturated heterocycles. The van der Waals surface area contributed by atoms with Crippen LogP contribution in [-0.4, -0.2) is 42.3 Å². The Morgan fingerprint density at radius 1 is 1.39 bits per heavy atom. The molecule has 2 heterocycles. The van der Waals surface area contributed by atoms with Gasteiger partial charge in [-0.3, -0.25) is 0 Å². The van der Waals surface area contributed by atoms with Crippen LogP contribution in [0, 0.1) is 17.3 Å². The number of rotatable bonds is 2. The number of hydrogen-bond acceptors (Lipinski definition) is 2. The van der Waals surface area contributed by atoms with E-state index in [4.69, 9.17) is 0 Å². The Balaban J connectivity index is 2.10. The van der Waals surface area contributed by atoms with Crippen LogP contribution in [-0.2, 0) is 0 Å². The summed E-state index contributed by atoms with van der Waals surface area (Å²) in [7, 11) is 0. The summed E-state index contributed by atoms with van der Waals surface area (Å²) in [6, 6.07) is 0. The fraction of sp³-hybridized carbons (Fsp3) is 0.929. The highest BCUT2D eigenvalue weighted by Crippen LogP contribution is 2.46. The van der Waals surface area contributed by atoms with Gasteiger partial charge in [0.1, 0.15) is 0 Å². The highest BCUT2D eigenvalue weighted by atomic mass is 16.4. The molecule has 1 spiro atoms. The number of amides is 1. The predicted octanol–water partition coefficient (Wildman–Crippen LogP) is 2.40. The van der Waals surface area contributed by atoms with E-state index in [1.807, 2.05) is 0 Å². The lowest BCUT2D eigenvalue weighted by molar-refractivity contribution is 0.00257. The van der Waals surface area contributed by atoms with E-state index in [2.05, 4.69) is 19.2 Å². The van der Waals surface area contributed by atoms with Gasteiger partial charge in [-0.1, -0.05) is 13.8 Å². The molecule has 0 aromatic rings. The highest BCUT2D eigenvalue weighted by molar-refractivity contribution is 5.65. The molecule has 1 amide bonds. The van der Waals surface area contributed by atoms with Gasteiger partial charge in [0.25, 0.3) is 0 Å². The molecule has 2 aliphatic heterocycles. The molecule has 2 rings (SSSR count). The minimum absolute atomic E-state index is 0.404. The van der Waals surface area contributed by atoms with Crippen LogP contribution in [0.5, 0.6) is 0 Å². The van der Waals surface area contributed by atoms with Gasteiger partial charge in [-0.25, -0.2) is 4.79 Å². The van der Waals surface area contributed by atoms with Gasteiger partial charge in [0.15, 0.2) is 0 Å². The molecule has 18 heavy (non-hydrogen) atoms. The second kappa shape index (κ2) is 5.47. The lowest BCUT2D eigenvalue weighted by atomic mass is 9.63. The van der Waals surface area contributed by atoms with E-state index >= 15 is 0 Å². The van der Waals surface area contributed by atoms with Gasteiger partial charge >= 0.3 is 6.09 Å². The molecule has 0 saturated carbocycles. The zero-order valence-electron chi connectivity index (χ0n) is 11.6. The van der Waals surface area contributed by atoms with E-state index < -0.39 is 6.09 Å². The minimum atomic E-state index is -0.743. The fourth-order valence-corrected chi connectivity index (χ4v) is 3.76. The van der Waals surface area contributed by atoms with Gasteiger partial charge < -0.3 is 15.3 Å². The Bertz CT molecular complexity index is 298. The molecule has 4 nitrogen and oxygen atoms in total.